The van der Waals surface area contributed by atoms with Crippen LogP contribution < -0.4 is 5.32 Å². The number of nitrogens with zero attached hydrogens (tertiary/aromatic N) is 1. The average molecular weight is 451 g/mol. The fourth-order valence-electron chi connectivity index (χ4n) is 3.71. The summed E-state index contributed by atoms with van der Waals surface area (Å²) in [5, 5.41) is 3.95. The number of hydrogen-bond acceptors (Lipinski definition) is 3. The number of carbonyl (C=O) groups is 2. The molecule has 1 amide bonds. The summed E-state index contributed by atoms with van der Waals surface area (Å²) in [5.41, 5.74) is 4.55. The second-order valence-corrected chi connectivity index (χ2v) is 7.72. The molecule has 1 heterocycles. The van der Waals surface area contributed by atoms with Gasteiger partial charge < -0.3 is 14.6 Å². The third kappa shape index (κ3) is 5.70. The quantitative estimate of drug-likeness (QED) is 0.201. The zero-order valence-corrected chi connectivity index (χ0v) is 19.0. The maximum absolute atomic E-state index is 12.2. The summed E-state index contributed by atoms with van der Waals surface area (Å²) >= 11 is 0. The van der Waals surface area contributed by atoms with Crippen molar-refractivity contribution in [3.05, 3.63) is 120 Å². The van der Waals surface area contributed by atoms with E-state index in [2.05, 4.69) is 40.3 Å². The molecule has 0 aliphatic rings. The normalized spacial score (nSPS) is 11.3. The number of esters is 1. The smallest absolute Gasteiger partial charge is 0.338 e. The molecule has 5 heteroatoms. The largest absolute Gasteiger partial charge is 0.462 e. The van der Waals surface area contributed by atoms with Gasteiger partial charge in [0.15, 0.2) is 0 Å². The summed E-state index contributed by atoms with van der Waals surface area (Å²) in [6, 6.07) is 25.3. The number of amides is 1. The topological polar surface area (TPSA) is 60.3 Å². The molecular formula is C29H26N2O3. The number of hydrogen-bond donors (Lipinski definition) is 1. The summed E-state index contributed by atoms with van der Waals surface area (Å²) in [7, 11) is 0. The molecule has 170 valence electrons. The van der Waals surface area contributed by atoms with Crippen LogP contribution in [0.1, 0.15) is 28.4 Å². The van der Waals surface area contributed by atoms with Crippen molar-refractivity contribution in [2.45, 2.75) is 13.5 Å². The average Bonchev–Trinajstić information content (AvgIpc) is 3.20. The lowest BCUT2D eigenvalue weighted by atomic mass is 10.1. The Hall–Kier alpha value is -4.38. The summed E-state index contributed by atoms with van der Waals surface area (Å²) < 4.78 is 7.20. The number of fused-ring (bicyclic) bond motifs is 1. The number of rotatable bonds is 8. The Kier molecular flexibility index (Phi) is 7.35. The Bertz CT molecular complexity index is 1330. The molecule has 1 aromatic heterocycles. The van der Waals surface area contributed by atoms with Gasteiger partial charge in [-0.1, -0.05) is 66.8 Å². The first-order chi connectivity index (χ1) is 16.6. The van der Waals surface area contributed by atoms with Crippen LogP contribution in [-0.2, 0) is 16.1 Å². The first-order valence-electron chi connectivity index (χ1n) is 11.2. The molecule has 1 N–H and O–H groups in total. The summed E-state index contributed by atoms with van der Waals surface area (Å²) in [5.74, 6) is -0.629. The number of nitrogens with one attached hydrogen (secondary N) is 1. The highest BCUT2D eigenvalue weighted by Gasteiger charge is 2.07. The van der Waals surface area contributed by atoms with Crippen LogP contribution in [0.3, 0.4) is 0 Å². The van der Waals surface area contributed by atoms with Crippen molar-refractivity contribution in [3.8, 4) is 0 Å². The van der Waals surface area contributed by atoms with E-state index in [-0.39, 0.29) is 11.9 Å². The molecule has 4 rings (SSSR count). The van der Waals surface area contributed by atoms with Crippen LogP contribution in [0.4, 0.5) is 5.69 Å². The maximum atomic E-state index is 12.2. The Morgan fingerprint density at radius 1 is 0.912 bits per heavy atom. The number of para-hydroxylation sites is 1. The molecular weight excluding hydrogens is 424 g/mol. The lowest BCUT2D eigenvalue weighted by Crippen LogP contribution is -2.08. The van der Waals surface area contributed by atoms with Gasteiger partial charge in [0.25, 0.3) is 0 Å². The highest BCUT2D eigenvalue weighted by molar-refractivity contribution is 6.00. The third-order valence-electron chi connectivity index (χ3n) is 5.31. The van der Waals surface area contributed by atoms with E-state index in [0.29, 0.717) is 17.9 Å². The van der Waals surface area contributed by atoms with Crippen molar-refractivity contribution in [1.29, 1.82) is 0 Å². The number of ether oxygens (including phenoxy) is 1. The highest BCUT2D eigenvalue weighted by atomic mass is 16.5. The van der Waals surface area contributed by atoms with Gasteiger partial charge >= 0.3 is 5.97 Å². The Labute approximate surface area is 199 Å². The number of anilines is 1. The minimum atomic E-state index is -0.379. The van der Waals surface area contributed by atoms with E-state index in [1.54, 1.807) is 37.3 Å². The van der Waals surface area contributed by atoms with Gasteiger partial charge in [-0.25, -0.2) is 4.79 Å². The molecule has 0 radical (unpaired) electrons. The number of benzene rings is 3. The second kappa shape index (κ2) is 11.0. The van der Waals surface area contributed by atoms with Crippen LogP contribution in [0.15, 0.2) is 103 Å². The van der Waals surface area contributed by atoms with E-state index >= 15 is 0 Å². The molecule has 0 aliphatic heterocycles. The van der Waals surface area contributed by atoms with Crippen LogP contribution in [0.2, 0.25) is 0 Å². The van der Waals surface area contributed by atoms with Crippen molar-refractivity contribution in [2.24, 2.45) is 0 Å². The summed E-state index contributed by atoms with van der Waals surface area (Å²) in [6.45, 7) is 2.88. The SMILES string of the molecule is CCOC(=O)c1ccc(NC(=O)/C=C/C=C/c2cn(Cc3ccccc3)c3ccccc23)cc1. The third-order valence-corrected chi connectivity index (χ3v) is 5.31. The molecule has 34 heavy (non-hydrogen) atoms. The molecule has 0 atom stereocenters. The lowest BCUT2D eigenvalue weighted by molar-refractivity contribution is -0.111. The molecule has 5 nitrogen and oxygen atoms in total. The van der Waals surface area contributed by atoms with E-state index < -0.39 is 0 Å². The Morgan fingerprint density at radius 3 is 2.41 bits per heavy atom. The minimum Gasteiger partial charge on any atom is -0.462 e. The van der Waals surface area contributed by atoms with Crippen LogP contribution in [0, 0.1) is 0 Å². The fraction of sp³-hybridized carbons (Fsp3) is 0.103. The Balaban J connectivity index is 1.41. The predicted molar refractivity (Wildman–Crippen MR) is 137 cm³/mol. The van der Waals surface area contributed by atoms with Gasteiger partial charge in [0, 0.05) is 35.4 Å². The zero-order chi connectivity index (χ0) is 23.8. The molecule has 0 aliphatic carbocycles. The summed E-state index contributed by atoms with van der Waals surface area (Å²) in [4.78, 5) is 24.0. The van der Waals surface area contributed by atoms with E-state index in [9.17, 15) is 9.59 Å². The standard InChI is InChI=1S/C29H26N2O3/c1-2-34-29(33)23-16-18-25(19-17-23)30-28(32)15-9-6-12-24-21-31(20-22-10-4-3-5-11-22)27-14-8-7-13-26(24)27/h3-19,21H,2,20H2,1H3,(H,30,32)/b12-6+,15-9+. The van der Waals surface area contributed by atoms with Crippen LogP contribution in [0.25, 0.3) is 17.0 Å². The first-order valence-corrected chi connectivity index (χ1v) is 11.2. The van der Waals surface area contributed by atoms with Crippen LogP contribution in [0.5, 0.6) is 0 Å². The summed E-state index contributed by atoms with van der Waals surface area (Å²) in [6.07, 6.45) is 9.18. The molecule has 0 unspecified atom stereocenters. The van der Waals surface area contributed by atoms with Gasteiger partial charge in [0.05, 0.1) is 12.2 Å². The van der Waals surface area contributed by atoms with Gasteiger partial charge in [0.2, 0.25) is 5.91 Å². The molecule has 0 spiro atoms. The lowest BCUT2D eigenvalue weighted by Gasteiger charge is -2.05. The van der Waals surface area contributed by atoms with E-state index in [1.165, 1.54) is 17.2 Å². The first kappa shape index (κ1) is 22.8. The van der Waals surface area contributed by atoms with Gasteiger partial charge in [-0.05, 0) is 48.4 Å². The van der Waals surface area contributed by atoms with Gasteiger partial charge in [-0.3, -0.25) is 4.79 Å². The second-order valence-electron chi connectivity index (χ2n) is 7.72. The number of allylic oxidation sites excluding steroid dienone is 2. The number of aromatic nitrogens is 1. The molecule has 4 aromatic rings. The van der Waals surface area contributed by atoms with E-state index in [0.717, 1.165) is 17.5 Å². The van der Waals surface area contributed by atoms with Crippen molar-refractivity contribution in [3.63, 3.8) is 0 Å². The van der Waals surface area contributed by atoms with Crippen molar-refractivity contribution in [2.75, 3.05) is 11.9 Å². The predicted octanol–water partition coefficient (Wildman–Crippen LogP) is 6.07. The monoisotopic (exact) mass is 450 g/mol. The number of carbonyl (C=O) groups excluding carboxylic acids is 2. The van der Waals surface area contributed by atoms with Crippen molar-refractivity contribution < 1.29 is 14.3 Å². The molecule has 0 fully saturated rings. The van der Waals surface area contributed by atoms with Crippen LogP contribution >= 0.6 is 0 Å². The van der Waals surface area contributed by atoms with Crippen LogP contribution in [-0.4, -0.2) is 23.1 Å². The van der Waals surface area contributed by atoms with Crippen molar-refractivity contribution in [1.82, 2.24) is 4.57 Å². The minimum absolute atomic E-state index is 0.250. The highest BCUT2D eigenvalue weighted by Crippen LogP contribution is 2.23. The van der Waals surface area contributed by atoms with E-state index in [1.807, 2.05) is 42.5 Å². The molecule has 0 saturated heterocycles. The molecule has 3 aromatic carbocycles. The van der Waals surface area contributed by atoms with Gasteiger partial charge in [0.1, 0.15) is 0 Å². The van der Waals surface area contributed by atoms with Crippen molar-refractivity contribution >= 4 is 34.5 Å². The van der Waals surface area contributed by atoms with Gasteiger partial charge in [-0.2, -0.15) is 0 Å². The van der Waals surface area contributed by atoms with E-state index in [4.69, 9.17) is 4.74 Å². The molecule has 0 bridgehead atoms. The molecule has 0 saturated carbocycles. The Morgan fingerprint density at radius 2 is 1.65 bits per heavy atom. The maximum Gasteiger partial charge on any atom is 0.338 e. The zero-order valence-electron chi connectivity index (χ0n) is 19.0. The van der Waals surface area contributed by atoms with Gasteiger partial charge in [-0.15, -0.1) is 0 Å². The fourth-order valence-corrected chi connectivity index (χ4v) is 3.71.